The van der Waals surface area contributed by atoms with E-state index in [0.29, 0.717) is 16.5 Å². The molecule has 1 aliphatic heterocycles. The van der Waals surface area contributed by atoms with Gasteiger partial charge in [0.15, 0.2) is 0 Å². The van der Waals surface area contributed by atoms with Crippen molar-refractivity contribution in [1.29, 1.82) is 0 Å². The van der Waals surface area contributed by atoms with Crippen LogP contribution in [-0.4, -0.2) is 24.9 Å². The fraction of sp³-hybridized carbons (Fsp3) is 0.154. The molecule has 1 aliphatic rings. The Morgan fingerprint density at radius 1 is 1.06 bits per heavy atom. The zero-order valence-electron chi connectivity index (χ0n) is 17.7. The number of hydrogen-bond donors (Lipinski definition) is 1. The molecule has 0 saturated heterocycles. The highest BCUT2D eigenvalue weighted by Crippen LogP contribution is 2.42. The third kappa shape index (κ3) is 5.23. The standard InChI is InChI=1S/C26H23ClN2O2S/c1-18-7-6-8-19(15-18)13-14-28-25(30)17-29-22-11-4-5-12-23(22)32-24(26(29)31)16-20-9-2-3-10-21(20)27/h2-12,15-16H,13-14,17H2,1H3,(H,28,30)/b24-16+. The van der Waals surface area contributed by atoms with Crippen molar-refractivity contribution in [3.05, 3.63) is 99.4 Å². The topological polar surface area (TPSA) is 49.4 Å². The van der Waals surface area contributed by atoms with Crippen LogP contribution >= 0.6 is 23.4 Å². The minimum atomic E-state index is -0.206. The van der Waals surface area contributed by atoms with Crippen molar-refractivity contribution in [3.8, 4) is 0 Å². The first-order valence-corrected chi connectivity index (χ1v) is 11.6. The molecule has 2 amide bonds. The van der Waals surface area contributed by atoms with Crippen LogP contribution in [0.5, 0.6) is 0 Å². The van der Waals surface area contributed by atoms with E-state index in [4.69, 9.17) is 11.6 Å². The Balaban J connectivity index is 1.49. The number of benzene rings is 3. The van der Waals surface area contributed by atoms with Gasteiger partial charge in [0.25, 0.3) is 5.91 Å². The van der Waals surface area contributed by atoms with Crippen LogP contribution in [0, 0.1) is 6.92 Å². The smallest absolute Gasteiger partial charge is 0.265 e. The number of rotatable bonds is 6. The van der Waals surface area contributed by atoms with Crippen molar-refractivity contribution in [1.82, 2.24) is 5.32 Å². The van der Waals surface area contributed by atoms with E-state index in [1.54, 1.807) is 12.1 Å². The summed E-state index contributed by atoms with van der Waals surface area (Å²) in [5.74, 6) is -0.396. The normalized spacial score (nSPS) is 14.4. The molecule has 0 aromatic heterocycles. The van der Waals surface area contributed by atoms with Crippen LogP contribution in [0.25, 0.3) is 6.08 Å². The van der Waals surface area contributed by atoms with Crippen LogP contribution in [0.4, 0.5) is 5.69 Å². The zero-order chi connectivity index (χ0) is 22.5. The largest absolute Gasteiger partial charge is 0.354 e. The van der Waals surface area contributed by atoms with Gasteiger partial charge < -0.3 is 5.32 Å². The first-order valence-electron chi connectivity index (χ1n) is 10.4. The number of aryl methyl sites for hydroxylation is 1. The maximum absolute atomic E-state index is 13.3. The number of carbonyl (C=O) groups is 2. The minimum absolute atomic E-state index is 0.0376. The van der Waals surface area contributed by atoms with Crippen molar-refractivity contribution in [2.24, 2.45) is 0 Å². The summed E-state index contributed by atoms with van der Waals surface area (Å²) in [6, 6.07) is 23.2. The van der Waals surface area contributed by atoms with E-state index >= 15 is 0 Å². The Morgan fingerprint density at radius 2 is 1.84 bits per heavy atom. The first-order chi connectivity index (χ1) is 15.5. The van der Waals surface area contributed by atoms with Crippen LogP contribution in [0.3, 0.4) is 0 Å². The predicted molar refractivity (Wildman–Crippen MR) is 132 cm³/mol. The van der Waals surface area contributed by atoms with Crippen LogP contribution in [-0.2, 0) is 16.0 Å². The van der Waals surface area contributed by atoms with Crippen molar-refractivity contribution in [3.63, 3.8) is 0 Å². The van der Waals surface area contributed by atoms with Crippen molar-refractivity contribution in [2.75, 3.05) is 18.0 Å². The average molecular weight is 463 g/mol. The number of amides is 2. The number of halogens is 1. The van der Waals surface area contributed by atoms with Gasteiger partial charge in [-0.15, -0.1) is 0 Å². The lowest BCUT2D eigenvalue weighted by molar-refractivity contribution is -0.122. The second-order valence-corrected chi connectivity index (χ2v) is 9.07. The van der Waals surface area contributed by atoms with E-state index < -0.39 is 0 Å². The Bertz CT molecular complexity index is 1190. The summed E-state index contributed by atoms with van der Waals surface area (Å²) in [5, 5.41) is 3.52. The molecule has 3 aromatic carbocycles. The molecule has 0 fully saturated rings. The minimum Gasteiger partial charge on any atom is -0.354 e. The van der Waals surface area contributed by atoms with Gasteiger partial charge in [-0.3, -0.25) is 14.5 Å². The molecule has 0 unspecified atom stereocenters. The van der Waals surface area contributed by atoms with Crippen LogP contribution in [0.15, 0.2) is 82.6 Å². The first kappa shape index (κ1) is 22.2. The molecule has 0 bridgehead atoms. The molecule has 0 aliphatic carbocycles. The summed E-state index contributed by atoms with van der Waals surface area (Å²) < 4.78 is 0. The molecular weight excluding hydrogens is 440 g/mol. The highest BCUT2D eigenvalue weighted by Gasteiger charge is 2.30. The number of thioether (sulfide) groups is 1. The second kappa shape index (κ2) is 10.1. The number of nitrogens with zero attached hydrogens (tertiary/aromatic N) is 1. The van der Waals surface area contributed by atoms with Crippen molar-refractivity contribution >= 4 is 46.9 Å². The summed E-state index contributed by atoms with van der Waals surface area (Å²) in [6.45, 7) is 2.53. The fourth-order valence-corrected chi connectivity index (χ4v) is 4.81. The van der Waals surface area contributed by atoms with E-state index in [-0.39, 0.29) is 18.4 Å². The van der Waals surface area contributed by atoms with Gasteiger partial charge in [0.05, 0.1) is 10.6 Å². The number of carbonyl (C=O) groups excluding carboxylic acids is 2. The van der Waals surface area contributed by atoms with Gasteiger partial charge in [0.1, 0.15) is 6.54 Å². The van der Waals surface area contributed by atoms with Crippen molar-refractivity contribution in [2.45, 2.75) is 18.2 Å². The molecule has 0 saturated carbocycles. The van der Waals surface area contributed by atoms with Crippen molar-refractivity contribution < 1.29 is 9.59 Å². The summed E-state index contributed by atoms with van der Waals surface area (Å²) in [6.07, 6.45) is 2.53. The van der Waals surface area contributed by atoms with E-state index in [2.05, 4.69) is 11.4 Å². The zero-order valence-corrected chi connectivity index (χ0v) is 19.2. The Labute approximate surface area is 197 Å². The lowest BCUT2D eigenvalue weighted by Gasteiger charge is -2.29. The van der Waals surface area contributed by atoms with E-state index in [9.17, 15) is 9.59 Å². The molecule has 1 heterocycles. The number of hydrogen-bond acceptors (Lipinski definition) is 3. The summed E-state index contributed by atoms with van der Waals surface area (Å²) >= 11 is 7.68. The third-order valence-corrected chi connectivity index (χ3v) is 6.57. The quantitative estimate of drug-likeness (QED) is 0.493. The number of anilines is 1. The summed E-state index contributed by atoms with van der Waals surface area (Å²) in [5.41, 5.74) is 3.88. The SMILES string of the molecule is Cc1cccc(CCNC(=O)CN2C(=O)/C(=C\c3ccccc3Cl)Sc3ccccc32)c1. The van der Waals surface area contributed by atoms with E-state index in [1.807, 2.05) is 67.6 Å². The number of fused-ring (bicyclic) bond motifs is 1. The van der Waals surface area contributed by atoms with Gasteiger partial charge in [-0.25, -0.2) is 0 Å². The highest BCUT2D eigenvalue weighted by molar-refractivity contribution is 8.04. The van der Waals surface area contributed by atoms with Gasteiger partial charge >= 0.3 is 0 Å². The molecule has 0 atom stereocenters. The molecule has 1 N–H and O–H groups in total. The van der Waals surface area contributed by atoms with E-state index in [0.717, 1.165) is 22.6 Å². The average Bonchev–Trinajstić information content (AvgIpc) is 2.78. The van der Waals surface area contributed by atoms with Gasteiger partial charge in [-0.1, -0.05) is 83.5 Å². The monoisotopic (exact) mass is 462 g/mol. The summed E-state index contributed by atoms with van der Waals surface area (Å²) in [7, 11) is 0. The lowest BCUT2D eigenvalue weighted by atomic mass is 10.1. The Morgan fingerprint density at radius 3 is 2.66 bits per heavy atom. The maximum Gasteiger partial charge on any atom is 0.265 e. The lowest BCUT2D eigenvalue weighted by Crippen LogP contribution is -2.43. The maximum atomic E-state index is 13.3. The second-order valence-electron chi connectivity index (χ2n) is 7.58. The van der Waals surface area contributed by atoms with Crippen LogP contribution in [0.2, 0.25) is 5.02 Å². The van der Waals surface area contributed by atoms with Gasteiger partial charge in [-0.05, 0) is 48.7 Å². The molecule has 0 spiro atoms. The fourth-order valence-electron chi connectivity index (χ4n) is 3.57. The molecule has 4 nitrogen and oxygen atoms in total. The third-order valence-electron chi connectivity index (χ3n) is 5.14. The number of para-hydroxylation sites is 1. The molecule has 4 rings (SSSR count). The summed E-state index contributed by atoms with van der Waals surface area (Å²) in [4.78, 5) is 29.0. The highest BCUT2D eigenvalue weighted by atomic mass is 35.5. The molecular formula is C26H23ClN2O2S. The molecule has 32 heavy (non-hydrogen) atoms. The Hall–Kier alpha value is -3.02. The van der Waals surface area contributed by atoms with Gasteiger partial charge in [-0.2, -0.15) is 0 Å². The predicted octanol–water partition coefficient (Wildman–Crippen LogP) is 5.49. The Kier molecular flexibility index (Phi) is 6.98. The van der Waals surface area contributed by atoms with Crippen LogP contribution < -0.4 is 10.2 Å². The van der Waals surface area contributed by atoms with Gasteiger partial charge in [0, 0.05) is 16.5 Å². The molecule has 0 radical (unpaired) electrons. The van der Waals surface area contributed by atoms with E-state index in [1.165, 1.54) is 27.8 Å². The van der Waals surface area contributed by atoms with Gasteiger partial charge in [0.2, 0.25) is 5.91 Å². The number of nitrogens with one attached hydrogen (secondary N) is 1. The molecule has 3 aromatic rings. The molecule has 162 valence electrons. The molecule has 6 heteroatoms. The van der Waals surface area contributed by atoms with Crippen LogP contribution in [0.1, 0.15) is 16.7 Å².